The van der Waals surface area contributed by atoms with Gasteiger partial charge in [-0.2, -0.15) is 0 Å². The van der Waals surface area contributed by atoms with Gasteiger partial charge in [-0.05, 0) is 30.7 Å². The van der Waals surface area contributed by atoms with Crippen molar-refractivity contribution in [1.29, 1.82) is 0 Å². The van der Waals surface area contributed by atoms with E-state index in [4.69, 9.17) is 4.42 Å². The molecule has 7 nitrogen and oxygen atoms in total. The smallest absolute Gasteiger partial charge is 0.255 e. The van der Waals surface area contributed by atoms with Crippen molar-refractivity contribution in [3.8, 4) is 0 Å². The molecule has 27 heavy (non-hydrogen) atoms. The number of nitrogens with zero attached hydrogens (tertiary/aromatic N) is 2. The highest BCUT2D eigenvalue weighted by Crippen LogP contribution is 2.21. The van der Waals surface area contributed by atoms with Crippen LogP contribution in [0, 0.1) is 5.82 Å². The lowest BCUT2D eigenvalue weighted by molar-refractivity contribution is -0.123. The Kier molecular flexibility index (Phi) is 5.35. The van der Waals surface area contributed by atoms with Crippen LogP contribution in [-0.4, -0.2) is 27.4 Å². The standard InChI is InChI=1S/C19H19FN4O3/c1-12(22-19(26)14-6-9-27-11-14)18(25)23-16(17-21-7-8-24(17)2)13-4-3-5-15(20)10-13/h3-12,16H,1-2H3,(H,22,26)(H,23,25). The summed E-state index contributed by atoms with van der Waals surface area (Å²) in [6.45, 7) is 1.56. The lowest BCUT2D eigenvalue weighted by atomic mass is 10.1. The molecule has 3 aromatic rings. The number of halogens is 1. The van der Waals surface area contributed by atoms with Crippen LogP contribution in [0.3, 0.4) is 0 Å². The van der Waals surface area contributed by atoms with Crippen LogP contribution in [0.25, 0.3) is 0 Å². The molecule has 0 spiro atoms. The summed E-state index contributed by atoms with van der Waals surface area (Å²) in [5, 5.41) is 5.42. The molecule has 2 N–H and O–H groups in total. The number of carbonyl (C=O) groups is 2. The van der Waals surface area contributed by atoms with Crippen molar-refractivity contribution in [2.24, 2.45) is 7.05 Å². The zero-order valence-electron chi connectivity index (χ0n) is 14.8. The van der Waals surface area contributed by atoms with Gasteiger partial charge in [0.25, 0.3) is 5.91 Å². The molecule has 0 fully saturated rings. The van der Waals surface area contributed by atoms with Crippen molar-refractivity contribution in [3.05, 3.63) is 78.0 Å². The number of imidazole rings is 1. The third-order valence-electron chi connectivity index (χ3n) is 4.11. The van der Waals surface area contributed by atoms with Crippen molar-refractivity contribution in [2.45, 2.75) is 19.0 Å². The molecule has 0 saturated carbocycles. The maximum Gasteiger partial charge on any atom is 0.255 e. The Balaban J connectivity index is 1.78. The Labute approximate surface area is 155 Å². The highest BCUT2D eigenvalue weighted by Gasteiger charge is 2.25. The number of nitrogens with one attached hydrogen (secondary N) is 2. The van der Waals surface area contributed by atoms with Gasteiger partial charge < -0.3 is 19.6 Å². The molecule has 0 radical (unpaired) electrons. The number of aryl methyl sites for hydroxylation is 1. The number of hydrogen-bond donors (Lipinski definition) is 2. The summed E-state index contributed by atoms with van der Waals surface area (Å²) in [5.41, 5.74) is 0.867. The fraction of sp³-hybridized carbons (Fsp3) is 0.211. The van der Waals surface area contributed by atoms with Crippen LogP contribution < -0.4 is 10.6 Å². The topological polar surface area (TPSA) is 89.2 Å². The van der Waals surface area contributed by atoms with Gasteiger partial charge >= 0.3 is 0 Å². The van der Waals surface area contributed by atoms with Crippen molar-refractivity contribution in [1.82, 2.24) is 20.2 Å². The van der Waals surface area contributed by atoms with Crippen molar-refractivity contribution < 1.29 is 18.4 Å². The number of amides is 2. The van der Waals surface area contributed by atoms with E-state index in [9.17, 15) is 14.0 Å². The predicted octanol–water partition coefficient (Wildman–Crippen LogP) is 2.18. The number of rotatable bonds is 6. The SMILES string of the molecule is CC(NC(=O)c1ccoc1)C(=O)NC(c1cccc(F)c1)c1nccn1C. The first-order valence-corrected chi connectivity index (χ1v) is 8.32. The van der Waals surface area contributed by atoms with Crippen LogP contribution in [0.1, 0.15) is 34.7 Å². The molecule has 2 heterocycles. The van der Waals surface area contributed by atoms with Crippen LogP contribution in [0.5, 0.6) is 0 Å². The molecule has 8 heteroatoms. The second kappa shape index (κ2) is 7.86. The van der Waals surface area contributed by atoms with Gasteiger partial charge in [-0.15, -0.1) is 0 Å². The van der Waals surface area contributed by atoms with Crippen LogP contribution in [-0.2, 0) is 11.8 Å². The summed E-state index contributed by atoms with van der Waals surface area (Å²) >= 11 is 0. The highest BCUT2D eigenvalue weighted by molar-refractivity contribution is 5.97. The Bertz CT molecular complexity index is 936. The monoisotopic (exact) mass is 370 g/mol. The number of benzene rings is 1. The number of carbonyl (C=O) groups excluding carboxylic acids is 2. The van der Waals surface area contributed by atoms with E-state index in [1.54, 1.807) is 43.1 Å². The minimum Gasteiger partial charge on any atom is -0.472 e. The number of furan rings is 1. The first kappa shape index (κ1) is 18.4. The molecule has 2 aromatic heterocycles. The van der Waals surface area contributed by atoms with Gasteiger partial charge in [0.05, 0.1) is 11.8 Å². The summed E-state index contributed by atoms with van der Waals surface area (Å²) in [6, 6.07) is 5.96. The van der Waals surface area contributed by atoms with E-state index in [2.05, 4.69) is 15.6 Å². The zero-order valence-corrected chi connectivity index (χ0v) is 14.8. The second-order valence-electron chi connectivity index (χ2n) is 6.10. The second-order valence-corrected chi connectivity index (χ2v) is 6.10. The Morgan fingerprint density at radius 1 is 1.26 bits per heavy atom. The molecule has 0 aliphatic heterocycles. The van der Waals surface area contributed by atoms with Gasteiger partial charge in [-0.3, -0.25) is 9.59 Å². The summed E-state index contributed by atoms with van der Waals surface area (Å²) in [6.07, 6.45) is 6.00. The van der Waals surface area contributed by atoms with Gasteiger partial charge in [0.1, 0.15) is 30.0 Å². The lowest BCUT2D eigenvalue weighted by Crippen LogP contribution is -2.46. The maximum absolute atomic E-state index is 13.7. The van der Waals surface area contributed by atoms with Crippen molar-refractivity contribution in [2.75, 3.05) is 0 Å². The fourth-order valence-corrected chi connectivity index (χ4v) is 2.64. The number of hydrogen-bond acceptors (Lipinski definition) is 4. The predicted molar refractivity (Wildman–Crippen MR) is 95.2 cm³/mol. The van der Waals surface area contributed by atoms with Crippen LogP contribution in [0.15, 0.2) is 59.7 Å². The van der Waals surface area contributed by atoms with E-state index in [1.807, 2.05) is 0 Å². The molecule has 140 valence electrons. The molecule has 0 aliphatic rings. The van der Waals surface area contributed by atoms with Gasteiger partial charge in [-0.1, -0.05) is 12.1 Å². The van der Waals surface area contributed by atoms with Crippen molar-refractivity contribution >= 4 is 11.8 Å². The minimum absolute atomic E-state index is 0.320. The fourth-order valence-electron chi connectivity index (χ4n) is 2.64. The van der Waals surface area contributed by atoms with E-state index in [-0.39, 0.29) is 0 Å². The quantitative estimate of drug-likeness (QED) is 0.696. The van der Waals surface area contributed by atoms with Crippen LogP contribution in [0.4, 0.5) is 4.39 Å². The Hall–Kier alpha value is -3.42. The Morgan fingerprint density at radius 3 is 2.70 bits per heavy atom. The Morgan fingerprint density at radius 2 is 2.07 bits per heavy atom. The van der Waals surface area contributed by atoms with Crippen LogP contribution in [0.2, 0.25) is 0 Å². The summed E-state index contributed by atoms with van der Waals surface area (Å²) in [7, 11) is 1.78. The van der Waals surface area contributed by atoms with E-state index < -0.39 is 29.7 Å². The van der Waals surface area contributed by atoms with E-state index in [1.165, 1.54) is 30.7 Å². The van der Waals surface area contributed by atoms with E-state index >= 15 is 0 Å². The summed E-state index contributed by atoms with van der Waals surface area (Å²) in [5.74, 6) is -0.723. The van der Waals surface area contributed by atoms with Crippen LogP contribution >= 0.6 is 0 Å². The van der Waals surface area contributed by atoms with Crippen molar-refractivity contribution in [3.63, 3.8) is 0 Å². The molecule has 1 aromatic carbocycles. The van der Waals surface area contributed by atoms with Gasteiger partial charge in [0.15, 0.2) is 0 Å². The van der Waals surface area contributed by atoms with Gasteiger partial charge in [-0.25, -0.2) is 9.37 Å². The largest absolute Gasteiger partial charge is 0.472 e. The van der Waals surface area contributed by atoms with E-state index in [0.717, 1.165) is 0 Å². The first-order valence-electron chi connectivity index (χ1n) is 8.32. The summed E-state index contributed by atoms with van der Waals surface area (Å²) < 4.78 is 20.3. The molecule has 0 saturated heterocycles. The highest BCUT2D eigenvalue weighted by atomic mass is 19.1. The maximum atomic E-state index is 13.7. The molecule has 0 aliphatic carbocycles. The molecule has 2 unspecified atom stereocenters. The molecule has 0 bridgehead atoms. The van der Waals surface area contributed by atoms with Gasteiger partial charge in [0.2, 0.25) is 5.91 Å². The third kappa shape index (κ3) is 4.22. The molecular formula is C19H19FN4O3. The van der Waals surface area contributed by atoms with Gasteiger partial charge in [0, 0.05) is 19.4 Å². The third-order valence-corrected chi connectivity index (χ3v) is 4.11. The van der Waals surface area contributed by atoms with E-state index in [0.29, 0.717) is 17.0 Å². The molecule has 2 atom stereocenters. The minimum atomic E-state index is -0.816. The normalized spacial score (nSPS) is 13.0. The molecular weight excluding hydrogens is 351 g/mol. The zero-order chi connectivity index (χ0) is 19.4. The molecule has 3 rings (SSSR count). The summed E-state index contributed by atoms with van der Waals surface area (Å²) in [4.78, 5) is 29.0. The first-order chi connectivity index (χ1) is 13.0. The number of aromatic nitrogens is 2. The average Bonchev–Trinajstić information content (AvgIpc) is 3.31. The average molecular weight is 370 g/mol. The molecule has 2 amide bonds. The lowest BCUT2D eigenvalue weighted by Gasteiger charge is -2.22.